The Bertz CT molecular complexity index is 391. The van der Waals surface area contributed by atoms with Gasteiger partial charge < -0.3 is 20.5 Å². The Hall–Kier alpha value is -1.91. The molecule has 2 rings (SSSR count). The van der Waals surface area contributed by atoms with Crippen molar-refractivity contribution < 1.29 is 14.6 Å². The minimum absolute atomic E-state index is 0.0662. The monoisotopic (exact) mass is 236 g/mol. The van der Waals surface area contributed by atoms with Gasteiger partial charge in [0.1, 0.15) is 11.9 Å². The molecule has 1 aliphatic heterocycles. The van der Waals surface area contributed by atoms with E-state index in [4.69, 9.17) is 15.6 Å². The smallest absolute Gasteiger partial charge is 0.407 e. The highest BCUT2D eigenvalue weighted by Crippen LogP contribution is 2.19. The highest BCUT2D eigenvalue weighted by Gasteiger charge is 2.24. The van der Waals surface area contributed by atoms with Crippen molar-refractivity contribution in [2.45, 2.75) is 18.9 Å². The Kier molecular flexibility index (Phi) is 3.37. The molecule has 1 amide bonds. The van der Waals surface area contributed by atoms with E-state index in [1.165, 1.54) is 4.90 Å². The van der Waals surface area contributed by atoms with E-state index in [9.17, 15) is 4.79 Å². The largest absolute Gasteiger partial charge is 0.489 e. The fourth-order valence-corrected chi connectivity index (χ4v) is 1.95. The Labute approximate surface area is 99.8 Å². The number of nitrogens with two attached hydrogens (primary N) is 1. The molecule has 3 N–H and O–H groups in total. The fourth-order valence-electron chi connectivity index (χ4n) is 1.95. The van der Waals surface area contributed by atoms with Crippen molar-refractivity contribution in [3.63, 3.8) is 0 Å². The molecule has 0 bridgehead atoms. The van der Waals surface area contributed by atoms with E-state index in [1.54, 1.807) is 24.3 Å². The van der Waals surface area contributed by atoms with Gasteiger partial charge in [-0.05, 0) is 37.1 Å². The van der Waals surface area contributed by atoms with Gasteiger partial charge in [0.2, 0.25) is 0 Å². The fraction of sp³-hybridized carbons (Fsp3) is 0.417. The van der Waals surface area contributed by atoms with Crippen LogP contribution in [0, 0.1) is 0 Å². The Balaban J connectivity index is 1.94. The van der Waals surface area contributed by atoms with Crippen LogP contribution in [0.5, 0.6) is 5.75 Å². The molecule has 0 aromatic heterocycles. The van der Waals surface area contributed by atoms with Crippen molar-refractivity contribution in [3.05, 3.63) is 24.3 Å². The lowest BCUT2D eigenvalue weighted by Crippen LogP contribution is -2.43. The second-order valence-corrected chi connectivity index (χ2v) is 4.18. The molecule has 0 spiro atoms. The van der Waals surface area contributed by atoms with E-state index in [0.29, 0.717) is 18.8 Å². The number of carboxylic acid groups (broad SMARTS) is 1. The van der Waals surface area contributed by atoms with Gasteiger partial charge in [0.15, 0.2) is 0 Å². The van der Waals surface area contributed by atoms with E-state index in [0.717, 1.165) is 18.6 Å². The summed E-state index contributed by atoms with van der Waals surface area (Å²) in [5.74, 6) is 0.733. The zero-order valence-electron chi connectivity index (χ0n) is 9.50. The van der Waals surface area contributed by atoms with Crippen molar-refractivity contribution in [1.82, 2.24) is 4.90 Å². The van der Waals surface area contributed by atoms with Crippen molar-refractivity contribution in [3.8, 4) is 5.75 Å². The van der Waals surface area contributed by atoms with E-state index in [-0.39, 0.29) is 6.10 Å². The highest BCUT2D eigenvalue weighted by atomic mass is 16.5. The number of hydrogen-bond acceptors (Lipinski definition) is 3. The molecule has 1 aliphatic rings. The lowest BCUT2D eigenvalue weighted by molar-refractivity contribution is 0.0792. The summed E-state index contributed by atoms with van der Waals surface area (Å²) in [6.45, 7) is 1.02. The number of nitrogens with zero attached hydrogens (tertiary/aromatic N) is 1. The lowest BCUT2D eigenvalue weighted by Gasteiger charge is -2.30. The molecular weight excluding hydrogens is 220 g/mol. The van der Waals surface area contributed by atoms with Crippen LogP contribution in [-0.4, -0.2) is 35.3 Å². The number of amides is 1. The number of anilines is 1. The first-order chi connectivity index (χ1) is 8.15. The van der Waals surface area contributed by atoms with Gasteiger partial charge in [-0.3, -0.25) is 0 Å². The van der Waals surface area contributed by atoms with Crippen molar-refractivity contribution in [1.29, 1.82) is 0 Å². The number of hydrogen-bond donors (Lipinski definition) is 2. The predicted molar refractivity (Wildman–Crippen MR) is 64.1 cm³/mol. The second-order valence-electron chi connectivity index (χ2n) is 4.18. The van der Waals surface area contributed by atoms with E-state index in [1.807, 2.05) is 0 Å². The molecule has 0 unspecified atom stereocenters. The number of rotatable bonds is 2. The normalized spacial score (nSPS) is 20.0. The van der Waals surface area contributed by atoms with Gasteiger partial charge in [0, 0.05) is 12.2 Å². The zero-order valence-corrected chi connectivity index (χ0v) is 9.50. The average Bonchev–Trinajstić information content (AvgIpc) is 2.32. The summed E-state index contributed by atoms with van der Waals surface area (Å²) in [4.78, 5) is 12.2. The maximum Gasteiger partial charge on any atom is 0.407 e. The van der Waals surface area contributed by atoms with Crippen LogP contribution in [0.1, 0.15) is 12.8 Å². The van der Waals surface area contributed by atoms with Gasteiger partial charge in [-0.25, -0.2) is 4.79 Å². The van der Waals surface area contributed by atoms with Gasteiger partial charge in [-0.15, -0.1) is 0 Å². The molecule has 1 heterocycles. The molecule has 1 atom stereocenters. The quantitative estimate of drug-likeness (QED) is 0.767. The molecule has 5 nitrogen and oxygen atoms in total. The van der Waals surface area contributed by atoms with Crippen LogP contribution in [0.3, 0.4) is 0 Å². The van der Waals surface area contributed by atoms with Crippen molar-refractivity contribution in [2.75, 3.05) is 18.8 Å². The van der Waals surface area contributed by atoms with Crippen LogP contribution in [0.25, 0.3) is 0 Å². The summed E-state index contributed by atoms with van der Waals surface area (Å²) in [6, 6.07) is 7.14. The molecule has 5 heteroatoms. The SMILES string of the molecule is Nc1ccc(O[C@@H]2CCCN(C(=O)O)C2)cc1. The number of nitrogen functional groups attached to an aromatic ring is 1. The topological polar surface area (TPSA) is 75.8 Å². The van der Waals surface area contributed by atoms with E-state index >= 15 is 0 Å². The third-order valence-electron chi connectivity index (χ3n) is 2.83. The third kappa shape index (κ3) is 3.03. The highest BCUT2D eigenvalue weighted by molar-refractivity contribution is 5.65. The maximum atomic E-state index is 10.9. The van der Waals surface area contributed by atoms with E-state index < -0.39 is 6.09 Å². The third-order valence-corrected chi connectivity index (χ3v) is 2.83. The number of piperidine rings is 1. The number of benzene rings is 1. The summed E-state index contributed by atoms with van der Waals surface area (Å²) in [5.41, 5.74) is 6.27. The minimum Gasteiger partial charge on any atom is -0.489 e. The maximum absolute atomic E-state index is 10.9. The summed E-state index contributed by atoms with van der Waals surface area (Å²) < 4.78 is 5.73. The van der Waals surface area contributed by atoms with Gasteiger partial charge in [-0.2, -0.15) is 0 Å². The van der Waals surface area contributed by atoms with Gasteiger partial charge in [0.25, 0.3) is 0 Å². The predicted octanol–water partition coefficient (Wildman–Crippen LogP) is 1.79. The molecule has 1 aromatic rings. The van der Waals surface area contributed by atoms with Crippen LogP contribution in [-0.2, 0) is 0 Å². The Morgan fingerprint density at radius 3 is 2.76 bits per heavy atom. The van der Waals surface area contributed by atoms with E-state index in [2.05, 4.69) is 0 Å². The first kappa shape index (κ1) is 11.6. The summed E-state index contributed by atoms with van der Waals surface area (Å²) in [7, 11) is 0. The van der Waals surface area contributed by atoms with Crippen LogP contribution in [0.15, 0.2) is 24.3 Å². The first-order valence-electron chi connectivity index (χ1n) is 5.65. The molecule has 92 valence electrons. The summed E-state index contributed by atoms with van der Waals surface area (Å²) >= 11 is 0. The molecule has 0 saturated carbocycles. The average molecular weight is 236 g/mol. The van der Waals surface area contributed by atoms with Crippen LogP contribution in [0.4, 0.5) is 10.5 Å². The molecular formula is C12H16N2O3. The van der Waals surface area contributed by atoms with Crippen molar-refractivity contribution in [2.24, 2.45) is 0 Å². The minimum atomic E-state index is -0.879. The molecule has 1 aromatic carbocycles. The molecule has 17 heavy (non-hydrogen) atoms. The molecule has 0 radical (unpaired) electrons. The van der Waals surface area contributed by atoms with Crippen molar-refractivity contribution >= 4 is 11.8 Å². The van der Waals surface area contributed by atoms with Crippen LogP contribution >= 0.6 is 0 Å². The summed E-state index contributed by atoms with van der Waals surface area (Å²) in [6.07, 6.45) is 0.777. The Morgan fingerprint density at radius 2 is 2.12 bits per heavy atom. The second kappa shape index (κ2) is 4.95. The van der Waals surface area contributed by atoms with Gasteiger partial charge in [0.05, 0.1) is 6.54 Å². The van der Waals surface area contributed by atoms with Crippen LogP contribution in [0.2, 0.25) is 0 Å². The Morgan fingerprint density at radius 1 is 1.41 bits per heavy atom. The zero-order chi connectivity index (χ0) is 12.3. The molecule has 1 fully saturated rings. The van der Waals surface area contributed by atoms with Gasteiger partial charge >= 0.3 is 6.09 Å². The van der Waals surface area contributed by atoms with Crippen LogP contribution < -0.4 is 10.5 Å². The number of ether oxygens (including phenoxy) is 1. The first-order valence-corrected chi connectivity index (χ1v) is 5.65. The standard InChI is InChI=1S/C12H16N2O3/c13-9-3-5-10(6-4-9)17-11-2-1-7-14(8-11)12(15)16/h3-6,11H,1-2,7-8,13H2,(H,15,16)/t11-/m1/s1. The summed E-state index contributed by atoms with van der Waals surface area (Å²) in [5, 5.41) is 8.91. The molecule has 0 aliphatic carbocycles. The molecule has 1 saturated heterocycles. The number of carbonyl (C=O) groups is 1. The number of likely N-dealkylation sites (tertiary alicyclic amines) is 1. The van der Waals surface area contributed by atoms with Gasteiger partial charge in [-0.1, -0.05) is 0 Å². The lowest BCUT2D eigenvalue weighted by atomic mass is 10.1.